The van der Waals surface area contributed by atoms with E-state index in [1.165, 1.54) is 4.88 Å². The van der Waals surface area contributed by atoms with Gasteiger partial charge in [0.15, 0.2) is 0 Å². The van der Waals surface area contributed by atoms with E-state index in [4.69, 9.17) is 10.5 Å². The first-order chi connectivity index (χ1) is 8.70. The van der Waals surface area contributed by atoms with Crippen molar-refractivity contribution in [2.24, 2.45) is 5.73 Å². The molecule has 1 aliphatic carbocycles. The van der Waals surface area contributed by atoms with Crippen molar-refractivity contribution in [2.75, 3.05) is 26.7 Å². The van der Waals surface area contributed by atoms with Gasteiger partial charge < -0.3 is 10.5 Å². The van der Waals surface area contributed by atoms with Gasteiger partial charge in [-0.05, 0) is 44.7 Å². The molecule has 0 saturated heterocycles. The number of nitrogens with two attached hydrogens (primary N) is 1. The Hall–Kier alpha value is -0.420. The topological polar surface area (TPSA) is 38.5 Å². The zero-order valence-electron chi connectivity index (χ0n) is 11.4. The van der Waals surface area contributed by atoms with Crippen LogP contribution in [0.4, 0.5) is 0 Å². The highest BCUT2D eigenvalue weighted by molar-refractivity contribution is 7.09. The van der Waals surface area contributed by atoms with Crippen LogP contribution in [-0.2, 0) is 11.2 Å². The summed E-state index contributed by atoms with van der Waals surface area (Å²) < 4.78 is 5.66. The van der Waals surface area contributed by atoms with E-state index < -0.39 is 0 Å². The maximum Gasteiger partial charge on any atom is 0.0611 e. The fourth-order valence-corrected chi connectivity index (χ4v) is 3.44. The van der Waals surface area contributed by atoms with Crippen molar-refractivity contribution in [3.63, 3.8) is 0 Å². The highest BCUT2D eigenvalue weighted by Gasteiger charge is 2.46. The molecule has 1 aliphatic rings. The molecular formula is C14H24N2OS. The van der Waals surface area contributed by atoms with Crippen LogP contribution in [0, 0.1) is 0 Å². The number of nitrogens with zero attached hydrogens (tertiary/aromatic N) is 1. The number of rotatable bonds is 7. The largest absolute Gasteiger partial charge is 0.378 e. The third-order valence-electron chi connectivity index (χ3n) is 4.08. The van der Waals surface area contributed by atoms with Gasteiger partial charge in [-0.3, -0.25) is 4.90 Å². The molecule has 1 heterocycles. The summed E-state index contributed by atoms with van der Waals surface area (Å²) in [4.78, 5) is 3.89. The van der Waals surface area contributed by atoms with Gasteiger partial charge >= 0.3 is 0 Å². The molecule has 102 valence electrons. The highest BCUT2D eigenvalue weighted by Crippen LogP contribution is 2.38. The Bertz CT molecular complexity index is 347. The van der Waals surface area contributed by atoms with Crippen LogP contribution < -0.4 is 5.73 Å². The van der Waals surface area contributed by atoms with Gasteiger partial charge in [-0.2, -0.15) is 0 Å². The minimum atomic E-state index is 0.178. The standard InChI is InChI=1S/C14H24N2OS/c1-3-17-12-9-14(10-12,11-15)16(2)7-6-13-5-4-8-18-13/h4-5,8,12H,3,6-7,9-11,15H2,1-2H3. The maximum absolute atomic E-state index is 5.98. The molecule has 1 fully saturated rings. The lowest BCUT2D eigenvalue weighted by Crippen LogP contribution is -2.63. The molecule has 0 aliphatic heterocycles. The minimum Gasteiger partial charge on any atom is -0.378 e. The molecular weight excluding hydrogens is 244 g/mol. The van der Waals surface area contributed by atoms with E-state index in [2.05, 4.69) is 36.4 Å². The maximum atomic E-state index is 5.98. The first-order valence-electron chi connectivity index (χ1n) is 6.75. The molecule has 2 rings (SSSR count). The molecule has 0 spiro atoms. The van der Waals surface area contributed by atoms with E-state index >= 15 is 0 Å². The van der Waals surface area contributed by atoms with Crippen molar-refractivity contribution < 1.29 is 4.74 Å². The molecule has 0 aromatic carbocycles. The second kappa shape index (κ2) is 6.15. The van der Waals surface area contributed by atoms with Crippen LogP contribution in [0.5, 0.6) is 0 Å². The van der Waals surface area contributed by atoms with E-state index in [1.807, 2.05) is 11.3 Å². The number of hydrogen-bond donors (Lipinski definition) is 1. The van der Waals surface area contributed by atoms with Crippen LogP contribution in [0.2, 0.25) is 0 Å². The van der Waals surface area contributed by atoms with Crippen LogP contribution in [0.25, 0.3) is 0 Å². The SMILES string of the molecule is CCOC1CC(CN)(N(C)CCc2cccs2)C1. The molecule has 2 N–H and O–H groups in total. The second-order valence-corrected chi connectivity index (χ2v) is 6.20. The number of likely N-dealkylation sites (N-methyl/N-ethyl adjacent to an activating group) is 1. The lowest BCUT2D eigenvalue weighted by atomic mass is 9.73. The second-order valence-electron chi connectivity index (χ2n) is 5.16. The number of ether oxygens (including phenoxy) is 1. The quantitative estimate of drug-likeness (QED) is 0.823. The minimum absolute atomic E-state index is 0.178. The lowest BCUT2D eigenvalue weighted by molar-refractivity contribution is -0.0917. The fraction of sp³-hybridized carbons (Fsp3) is 0.714. The number of hydrogen-bond acceptors (Lipinski definition) is 4. The zero-order valence-corrected chi connectivity index (χ0v) is 12.2. The normalized spacial score (nSPS) is 27.4. The predicted molar refractivity (Wildman–Crippen MR) is 77.1 cm³/mol. The molecule has 18 heavy (non-hydrogen) atoms. The van der Waals surface area contributed by atoms with Crippen LogP contribution >= 0.6 is 11.3 Å². The van der Waals surface area contributed by atoms with E-state index in [9.17, 15) is 0 Å². The van der Waals surface area contributed by atoms with Gasteiger partial charge in [-0.15, -0.1) is 11.3 Å². The summed E-state index contributed by atoms with van der Waals surface area (Å²) in [7, 11) is 2.20. The molecule has 0 amide bonds. The van der Waals surface area contributed by atoms with E-state index in [1.54, 1.807) is 0 Å². The summed E-state index contributed by atoms with van der Waals surface area (Å²) in [6.45, 7) is 4.68. The Labute approximate surface area is 114 Å². The average molecular weight is 268 g/mol. The average Bonchev–Trinajstić information content (AvgIpc) is 2.83. The monoisotopic (exact) mass is 268 g/mol. The van der Waals surface area contributed by atoms with Gasteiger partial charge in [-0.1, -0.05) is 6.07 Å². The van der Waals surface area contributed by atoms with Crippen molar-refractivity contribution in [1.82, 2.24) is 4.90 Å². The molecule has 0 unspecified atom stereocenters. The lowest BCUT2D eigenvalue weighted by Gasteiger charge is -2.52. The fourth-order valence-electron chi connectivity index (χ4n) is 2.75. The third-order valence-corrected chi connectivity index (χ3v) is 5.02. The Morgan fingerprint density at radius 3 is 2.89 bits per heavy atom. The van der Waals surface area contributed by atoms with Gasteiger partial charge in [0.1, 0.15) is 0 Å². The van der Waals surface area contributed by atoms with Crippen molar-refractivity contribution in [3.05, 3.63) is 22.4 Å². The summed E-state index contributed by atoms with van der Waals surface area (Å²) in [5, 5.41) is 2.14. The van der Waals surface area contributed by atoms with Crippen LogP contribution in [0.3, 0.4) is 0 Å². The first-order valence-corrected chi connectivity index (χ1v) is 7.63. The molecule has 4 heteroatoms. The first kappa shape index (κ1) is 14.0. The Kier molecular flexibility index (Phi) is 4.78. The van der Waals surface area contributed by atoms with Crippen LogP contribution in [0.15, 0.2) is 17.5 Å². The molecule has 1 aromatic heterocycles. The summed E-state index contributed by atoms with van der Waals surface area (Å²) in [6.07, 6.45) is 3.70. The van der Waals surface area contributed by atoms with Gasteiger partial charge in [0, 0.05) is 30.1 Å². The molecule has 1 aromatic rings. The summed E-state index contributed by atoms with van der Waals surface area (Å²) in [5.41, 5.74) is 6.16. The van der Waals surface area contributed by atoms with Gasteiger partial charge in [0.05, 0.1) is 6.10 Å². The molecule has 0 radical (unpaired) electrons. The van der Waals surface area contributed by atoms with Gasteiger partial charge in [-0.25, -0.2) is 0 Å². The van der Waals surface area contributed by atoms with Crippen molar-refractivity contribution >= 4 is 11.3 Å². The molecule has 0 atom stereocenters. The number of thiophene rings is 1. The van der Waals surface area contributed by atoms with E-state index in [-0.39, 0.29) is 5.54 Å². The summed E-state index contributed by atoms with van der Waals surface area (Å²) in [5.74, 6) is 0. The Balaban J connectivity index is 1.81. The summed E-state index contributed by atoms with van der Waals surface area (Å²) >= 11 is 1.83. The third kappa shape index (κ3) is 2.94. The van der Waals surface area contributed by atoms with E-state index in [0.29, 0.717) is 6.10 Å². The zero-order chi connectivity index (χ0) is 13.0. The van der Waals surface area contributed by atoms with E-state index in [0.717, 1.165) is 39.0 Å². The molecule has 1 saturated carbocycles. The van der Waals surface area contributed by atoms with Crippen LogP contribution in [0.1, 0.15) is 24.6 Å². The van der Waals surface area contributed by atoms with Gasteiger partial charge in [0.25, 0.3) is 0 Å². The Morgan fingerprint density at radius 1 is 1.56 bits per heavy atom. The Morgan fingerprint density at radius 2 is 2.33 bits per heavy atom. The predicted octanol–water partition coefficient (Wildman–Crippen LogP) is 2.12. The van der Waals surface area contributed by atoms with Crippen molar-refractivity contribution in [2.45, 2.75) is 37.8 Å². The smallest absolute Gasteiger partial charge is 0.0611 e. The van der Waals surface area contributed by atoms with Gasteiger partial charge in [0.2, 0.25) is 0 Å². The highest BCUT2D eigenvalue weighted by atomic mass is 32.1. The molecule has 3 nitrogen and oxygen atoms in total. The summed E-state index contributed by atoms with van der Waals surface area (Å²) in [6, 6.07) is 4.32. The van der Waals surface area contributed by atoms with Crippen molar-refractivity contribution in [1.29, 1.82) is 0 Å². The van der Waals surface area contributed by atoms with Crippen LogP contribution in [-0.4, -0.2) is 43.3 Å². The molecule has 0 bridgehead atoms. The van der Waals surface area contributed by atoms with Crippen molar-refractivity contribution in [3.8, 4) is 0 Å².